The Kier molecular flexibility index (Phi) is 12.4. The zero-order valence-electron chi connectivity index (χ0n) is 31.8. The standard InChI is InChI=1S/C27H24N3O.C18H24NSi.Ir/c1-16(2)12-19-10-11-28-25(15-19)23-7-5-6-21-22-8-9-24(30-27(22)31-26(21)23)20-13-17(3)29-18(4)14-20;1-14(2)11-16-12-17(15-9-7-6-8-10-15)19-13-18(16)20(3,4)5;/h5-6,8-11,13-16H,12H2,1-4H3;6-9,12-14H,11H2,1-5H3;/q2*-1;. The van der Waals surface area contributed by atoms with Crippen molar-refractivity contribution in [3.63, 3.8) is 0 Å². The molecule has 7 heteroatoms. The van der Waals surface area contributed by atoms with E-state index in [9.17, 15) is 0 Å². The van der Waals surface area contributed by atoms with E-state index in [1.165, 1.54) is 16.3 Å². The van der Waals surface area contributed by atoms with Gasteiger partial charge in [0.1, 0.15) is 0 Å². The minimum absolute atomic E-state index is 0. The van der Waals surface area contributed by atoms with Gasteiger partial charge in [-0.15, -0.1) is 54.1 Å². The van der Waals surface area contributed by atoms with Crippen molar-refractivity contribution in [2.24, 2.45) is 11.8 Å². The number of hydrogen-bond acceptors (Lipinski definition) is 5. The number of aromatic nitrogens is 4. The number of aryl methyl sites for hydroxylation is 2. The molecule has 269 valence electrons. The summed E-state index contributed by atoms with van der Waals surface area (Å²) in [5.41, 5.74) is 11.9. The van der Waals surface area contributed by atoms with Crippen LogP contribution in [0.4, 0.5) is 0 Å². The zero-order valence-corrected chi connectivity index (χ0v) is 35.2. The van der Waals surface area contributed by atoms with Gasteiger partial charge in [-0.25, -0.2) is 4.98 Å². The first-order valence-corrected chi connectivity index (χ1v) is 21.5. The molecule has 0 fully saturated rings. The Labute approximate surface area is 323 Å². The van der Waals surface area contributed by atoms with Gasteiger partial charge >= 0.3 is 0 Å². The summed E-state index contributed by atoms with van der Waals surface area (Å²) in [6.07, 6.45) is 6.12. The molecule has 0 N–H and O–H groups in total. The molecular formula is C45H48IrN4OSi-2. The molecule has 1 radical (unpaired) electrons. The van der Waals surface area contributed by atoms with Crippen molar-refractivity contribution in [2.45, 2.75) is 74.0 Å². The van der Waals surface area contributed by atoms with Crippen molar-refractivity contribution in [3.8, 4) is 33.8 Å². The maximum atomic E-state index is 6.28. The van der Waals surface area contributed by atoms with Crippen LogP contribution in [0.1, 0.15) is 50.2 Å². The number of pyridine rings is 4. The van der Waals surface area contributed by atoms with Gasteiger partial charge < -0.3 is 14.4 Å². The Morgan fingerprint density at radius 2 is 1.46 bits per heavy atom. The van der Waals surface area contributed by atoms with Crippen LogP contribution in [0, 0.1) is 37.8 Å². The molecule has 5 nitrogen and oxygen atoms in total. The second-order valence-electron chi connectivity index (χ2n) is 15.4. The van der Waals surface area contributed by atoms with Crippen molar-refractivity contribution in [1.29, 1.82) is 0 Å². The topological polar surface area (TPSA) is 64.7 Å². The van der Waals surface area contributed by atoms with E-state index < -0.39 is 8.07 Å². The van der Waals surface area contributed by atoms with Gasteiger partial charge in [-0.05, 0) is 85.4 Å². The smallest absolute Gasteiger partial charge is 0.216 e. The maximum absolute atomic E-state index is 6.28. The fourth-order valence-electron chi connectivity index (χ4n) is 6.65. The zero-order chi connectivity index (χ0) is 36.3. The van der Waals surface area contributed by atoms with Crippen LogP contribution in [0.25, 0.3) is 55.8 Å². The van der Waals surface area contributed by atoms with E-state index in [1.807, 2.05) is 68.6 Å². The second-order valence-corrected chi connectivity index (χ2v) is 20.4. The first-order chi connectivity index (χ1) is 24.4. The molecule has 0 saturated heterocycles. The Morgan fingerprint density at radius 3 is 2.13 bits per heavy atom. The molecule has 0 bridgehead atoms. The maximum Gasteiger partial charge on any atom is 0.216 e. The molecule has 0 unspecified atom stereocenters. The Balaban J connectivity index is 0.000000217. The molecule has 0 atom stereocenters. The molecular weight excluding hydrogens is 833 g/mol. The van der Waals surface area contributed by atoms with Crippen LogP contribution in [0.15, 0.2) is 95.7 Å². The molecule has 0 saturated carbocycles. The summed E-state index contributed by atoms with van der Waals surface area (Å²) in [4.78, 5) is 18.6. The van der Waals surface area contributed by atoms with E-state index in [1.54, 1.807) is 0 Å². The van der Waals surface area contributed by atoms with E-state index in [0.29, 0.717) is 17.5 Å². The van der Waals surface area contributed by atoms with Gasteiger partial charge in [0.15, 0.2) is 0 Å². The van der Waals surface area contributed by atoms with E-state index in [0.717, 1.165) is 74.4 Å². The largest absolute Gasteiger partial charge is 0.486 e. The summed E-state index contributed by atoms with van der Waals surface area (Å²) in [7, 11) is -1.34. The SMILES string of the molecule is CC(C)Cc1cc(-c2[c-]cccc2)ncc1[Si](C)(C)C.Cc1cc(-c2ccc3c(n2)oc2c(-c4cc(CC(C)C)ccn4)[c-]ccc23)cc(C)n1.[Ir]. The molecule has 0 aliphatic carbocycles. The summed E-state index contributed by atoms with van der Waals surface area (Å²) >= 11 is 0. The number of hydrogen-bond donors (Lipinski definition) is 0. The number of fused-ring (bicyclic) bond motifs is 3. The summed E-state index contributed by atoms with van der Waals surface area (Å²) in [5, 5.41) is 3.52. The summed E-state index contributed by atoms with van der Waals surface area (Å²) in [5.74, 6) is 1.25. The molecule has 0 aliphatic rings. The van der Waals surface area contributed by atoms with Crippen molar-refractivity contribution < 1.29 is 24.5 Å². The number of furan rings is 1. The summed E-state index contributed by atoms with van der Waals surface area (Å²) in [6.45, 7) is 20.2. The number of benzene rings is 2. The monoisotopic (exact) mass is 881 g/mol. The van der Waals surface area contributed by atoms with Gasteiger partial charge in [0, 0.05) is 54.8 Å². The fraction of sp³-hybridized carbons (Fsp3) is 0.289. The predicted molar refractivity (Wildman–Crippen MR) is 215 cm³/mol. The van der Waals surface area contributed by atoms with Crippen LogP contribution in [-0.2, 0) is 32.9 Å². The van der Waals surface area contributed by atoms with Crippen molar-refractivity contribution in [3.05, 3.63) is 126 Å². The first kappa shape index (κ1) is 38.9. The van der Waals surface area contributed by atoms with E-state index in [4.69, 9.17) is 9.40 Å². The van der Waals surface area contributed by atoms with Crippen molar-refractivity contribution >= 4 is 35.3 Å². The normalized spacial score (nSPS) is 11.5. The molecule has 5 heterocycles. The minimum Gasteiger partial charge on any atom is -0.486 e. The fourth-order valence-corrected chi connectivity index (χ4v) is 8.24. The second kappa shape index (κ2) is 16.6. The van der Waals surface area contributed by atoms with Gasteiger partial charge in [-0.1, -0.05) is 81.5 Å². The molecule has 7 rings (SSSR count). The first-order valence-electron chi connectivity index (χ1n) is 18.0. The average Bonchev–Trinajstić information content (AvgIpc) is 3.46. The third kappa shape index (κ3) is 9.19. The Morgan fingerprint density at radius 1 is 0.712 bits per heavy atom. The van der Waals surface area contributed by atoms with Crippen LogP contribution >= 0.6 is 0 Å². The average molecular weight is 881 g/mol. The third-order valence-electron chi connectivity index (χ3n) is 8.81. The number of nitrogens with zero attached hydrogens (tertiary/aromatic N) is 4. The van der Waals surface area contributed by atoms with Crippen LogP contribution in [0.2, 0.25) is 19.6 Å². The molecule has 0 spiro atoms. The Bertz CT molecular complexity index is 2270. The van der Waals surface area contributed by atoms with Crippen molar-refractivity contribution in [2.75, 3.05) is 0 Å². The van der Waals surface area contributed by atoms with Crippen LogP contribution in [-0.4, -0.2) is 28.0 Å². The van der Waals surface area contributed by atoms with E-state index in [2.05, 4.69) is 111 Å². The molecule has 5 aromatic heterocycles. The molecule has 7 aromatic rings. The molecule has 2 aromatic carbocycles. The quantitative estimate of drug-likeness (QED) is 0.112. The molecule has 52 heavy (non-hydrogen) atoms. The Hall–Kier alpha value is -4.29. The van der Waals surface area contributed by atoms with E-state index >= 15 is 0 Å². The van der Waals surface area contributed by atoms with Gasteiger partial charge in [-0.2, -0.15) is 0 Å². The van der Waals surface area contributed by atoms with Crippen LogP contribution < -0.4 is 5.19 Å². The minimum atomic E-state index is -1.34. The third-order valence-corrected chi connectivity index (χ3v) is 10.9. The predicted octanol–water partition coefficient (Wildman–Crippen LogP) is 11.0. The molecule has 0 amide bonds. The van der Waals surface area contributed by atoms with Crippen molar-refractivity contribution in [1.82, 2.24) is 19.9 Å². The summed E-state index contributed by atoms with van der Waals surface area (Å²) < 4.78 is 6.28. The van der Waals surface area contributed by atoms with E-state index in [-0.39, 0.29) is 20.1 Å². The van der Waals surface area contributed by atoms with Gasteiger partial charge in [0.05, 0.1) is 19.4 Å². The van der Waals surface area contributed by atoms with Gasteiger partial charge in [0.25, 0.3) is 0 Å². The number of rotatable bonds is 8. The van der Waals surface area contributed by atoms with Gasteiger partial charge in [-0.3, -0.25) is 4.98 Å². The van der Waals surface area contributed by atoms with Crippen LogP contribution in [0.5, 0.6) is 0 Å². The molecule has 0 aliphatic heterocycles. The van der Waals surface area contributed by atoms with Gasteiger partial charge in [0.2, 0.25) is 5.71 Å². The van der Waals surface area contributed by atoms with Crippen LogP contribution in [0.3, 0.4) is 0 Å². The summed E-state index contributed by atoms with van der Waals surface area (Å²) in [6, 6.07) is 33.4.